The summed E-state index contributed by atoms with van der Waals surface area (Å²) in [4.78, 5) is 0. The molecule has 0 aromatic heterocycles. The molecule has 2 rings (SSSR count). The zero-order valence-electron chi connectivity index (χ0n) is 12.3. The first-order valence-corrected chi connectivity index (χ1v) is 7.32. The van der Waals surface area contributed by atoms with Gasteiger partial charge in [0.1, 0.15) is 0 Å². The van der Waals surface area contributed by atoms with E-state index < -0.39 is 11.6 Å². The van der Waals surface area contributed by atoms with Gasteiger partial charge in [-0.05, 0) is 55.1 Å². The Kier molecular flexibility index (Phi) is 4.76. The van der Waals surface area contributed by atoms with Crippen molar-refractivity contribution < 1.29 is 8.78 Å². The van der Waals surface area contributed by atoms with Gasteiger partial charge in [0.25, 0.3) is 0 Å². The molecule has 2 nitrogen and oxygen atoms in total. The molecule has 1 aliphatic carbocycles. The van der Waals surface area contributed by atoms with Crippen LogP contribution in [0.4, 0.5) is 8.78 Å². The van der Waals surface area contributed by atoms with E-state index in [1.165, 1.54) is 0 Å². The summed E-state index contributed by atoms with van der Waals surface area (Å²) in [6.07, 6.45) is 4.91. The Morgan fingerprint density at radius 3 is 2.55 bits per heavy atom. The Morgan fingerprint density at radius 2 is 1.95 bits per heavy atom. The van der Waals surface area contributed by atoms with Crippen LogP contribution in [0.25, 0.3) is 0 Å². The van der Waals surface area contributed by atoms with Crippen molar-refractivity contribution >= 4 is 0 Å². The van der Waals surface area contributed by atoms with Crippen LogP contribution in [0.5, 0.6) is 0 Å². The van der Waals surface area contributed by atoms with Crippen molar-refractivity contribution in [3.05, 3.63) is 35.4 Å². The topological polar surface area (TPSA) is 38.0 Å². The summed E-state index contributed by atoms with van der Waals surface area (Å²) >= 11 is 0. The van der Waals surface area contributed by atoms with Crippen LogP contribution in [0.2, 0.25) is 0 Å². The number of benzene rings is 1. The quantitative estimate of drug-likeness (QED) is 0.654. The maximum atomic E-state index is 13.7. The zero-order chi connectivity index (χ0) is 14.8. The predicted molar refractivity (Wildman–Crippen MR) is 76.9 cm³/mol. The van der Waals surface area contributed by atoms with E-state index in [4.69, 9.17) is 5.84 Å². The van der Waals surface area contributed by atoms with Gasteiger partial charge in [0, 0.05) is 6.04 Å². The minimum absolute atomic E-state index is 0.00222. The standard InChI is InChI=1S/C16H24F2N2/c1-16(2)8-6-11(7-9-16)14(20-19)10-12-4-3-5-13(17)15(12)18/h3-5,11,14,20H,6-10,19H2,1-2H3. The first-order valence-electron chi connectivity index (χ1n) is 7.32. The van der Waals surface area contributed by atoms with E-state index in [1.54, 1.807) is 12.1 Å². The highest BCUT2D eigenvalue weighted by Crippen LogP contribution is 2.39. The molecule has 0 spiro atoms. The molecule has 1 aromatic carbocycles. The van der Waals surface area contributed by atoms with E-state index in [-0.39, 0.29) is 6.04 Å². The highest BCUT2D eigenvalue weighted by molar-refractivity contribution is 5.20. The monoisotopic (exact) mass is 282 g/mol. The van der Waals surface area contributed by atoms with Gasteiger partial charge in [-0.3, -0.25) is 11.3 Å². The Labute approximate surface area is 119 Å². The smallest absolute Gasteiger partial charge is 0.162 e. The summed E-state index contributed by atoms with van der Waals surface area (Å²) < 4.78 is 27.0. The van der Waals surface area contributed by atoms with Crippen LogP contribution in [-0.4, -0.2) is 6.04 Å². The summed E-state index contributed by atoms with van der Waals surface area (Å²) in [6, 6.07) is 4.33. The summed E-state index contributed by atoms with van der Waals surface area (Å²) in [5.41, 5.74) is 3.59. The van der Waals surface area contributed by atoms with Crippen LogP contribution in [0.3, 0.4) is 0 Å². The van der Waals surface area contributed by atoms with Crippen LogP contribution in [0.15, 0.2) is 18.2 Å². The highest BCUT2D eigenvalue weighted by atomic mass is 19.2. The van der Waals surface area contributed by atoms with Crippen LogP contribution in [0, 0.1) is 23.0 Å². The third-order valence-electron chi connectivity index (χ3n) is 4.64. The first-order chi connectivity index (χ1) is 9.43. The van der Waals surface area contributed by atoms with Gasteiger partial charge < -0.3 is 0 Å². The van der Waals surface area contributed by atoms with E-state index in [0.717, 1.165) is 31.7 Å². The van der Waals surface area contributed by atoms with E-state index in [2.05, 4.69) is 19.3 Å². The molecule has 0 aliphatic heterocycles. The lowest BCUT2D eigenvalue weighted by atomic mass is 9.70. The maximum absolute atomic E-state index is 13.7. The second-order valence-corrected chi connectivity index (χ2v) is 6.69. The molecule has 1 aliphatic rings. The van der Waals surface area contributed by atoms with Gasteiger partial charge in [-0.25, -0.2) is 8.78 Å². The molecule has 0 amide bonds. The van der Waals surface area contributed by atoms with Gasteiger partial charge in [0.05, 0.1) is 0 Å². The molecular formula is C16H24F2N2. The third kappa shape index (κ3) is 3.55. The third-order valence-corrected chi connectivity index (χ3v) is 4.64. The number of hydrogen-bond acceptors (Lipinski definition) is 2. The Hall–Kier alpha value is -1.00. The minimum atomic E-state index is -0.789. The first kappa shape index (κ1) is 15.4. The fraction of sp³-hybridized carbons (Fsp3) is 0.625. The van der Waals surface area contributed by atoms with E-state index in [0.29, 0.717) is 23.3 Å². The van der Waals surface area contributed by atoms with Gasteiger partial charge in [-0.1, -0.05) is 26.0 Å². The van der Waals surface area contributed by atoms with Crippen LogP contribution in [-0.2, 0) is 6.42 Å². The Morgan fingerprint density at radius 1 is 1.30 bits per heavy atom. The van der Waals surface area contributed by atoms with Crippen molar-refractivity contribution in [2.45, 2.75) is 52.0 Å². The van der Waals surface area contributed by atoms with Gasteiger partial charge in [0.2, 0.25) is 0 Å². The molecule has 1 aromatic rings. The van der Waals surface area contributed by atoms with Crippen molar-refractivity contribution in [2.24, 2.45) is 17.2 Å². The number of rotatable bonds is 4. The van der Waals surface area contributed by atoms with E-state index in [1.807, 2.05) is 0 Å². The van der Waals surface area contributed by atoms with Gasteiger partial charge in [-0.15, -0.1) is 0 Å². The van der Waals surface area contributed by atoms with Crippen molar-refractivity contribution in [1.29, 1.82) is 0 Å². The molecule has 20 heavy (non-hydrogen) atoms. The molecule has 3 N–H and O–H groups in total. The van der Waals surface area contributed by atoms with Crippen molar-refractivity contribution in [2.75, 3.05) is 0 Å². The molecule has 1 fully saturated rings. The average Bonchev–Trinajstić information content (AvgIpc) is 2.41. The van der Waals surface area contributed by atoms with Crippen LogP contribution < -0.4 is 11.3 Å². The van der Waals surface area contributed by atoms with Crippen LogP contribution >= 0.6 is 0 Å². The number of nitrogens with one attached hydrogen (secondary N) is 1. The number of halogens is 2. The highest BCUT2D eigenvalue weighted by Gasteiger charge is 2.31. The lowest BCUT2D eigenvalue weighted by Gasteiger charge is -2.37. The van der Waals surface area contributed by atoms with Crippen molar-refractivity contribution in [1.82, 2.24) is 5.43 Å². The van der Waals surface area contributed by atoms with Crippen molar-refractivity contribution in [3.8, 4) is 0 Å². The zero-order valence-corrected chi connectivity index (χ0v) is 12.3. The SMILES string of the molecule is CC1(C)CCC(C(Cc2cccc(F)c2F)NN)CC1. The second-order valence-electron chi connectivity index (χ2n) is 6.69. The predicted octanol–water partition coefficient (Wildman–Crippen LogP) is 3.56. The normalized spacial score (nSPS) is 20.9. The molecule has 112 valence electrons. The lowest BCUT2D eigenvalue weighted by molar-refractivity contribution is 0.160. The second kappa shape index (κ2) is 6.19. The molecule has 0 bridgehead atoms. The van der Waals surface area contributed by atoms with Gasteiger partial charge >= 0.3 is 0 Å². The maximum Gasteiger partial charge on any atom is 0.162 e. The largest absolute Gasteiger partial charge is 0.271 e. The molecular weight excluding hydrogens is 258 g/mol. The number of nitrogens with two attached hydrogens (primary N) is 1. The molecule has 0 heterocycles. The van der Waals surface area contributed by atoms with Crippen molar-refractivity contribution in [3.63, 3.8) is 0 Å². The number of hydrazine groups is 1. The molecule has 0 radical (unpaired) electrons. The minimum Gasteiger partial charge on any atom is -0.271 e. The molecule has 1 unspecified atom stereocenters. The van der Waals surface area contributed by atoms with E-state index in [9.17, 15) is 8.78 Å². The summed E-state index contributed by atoms with van der Waals surface area (Å²) in [7, 11) is 0. The summed E-state index contributed by atoms with van der Waals surface area (Å²) in [5.74, 6) is 4.53. The van der Waals surface area contributed by atoms with Gasteiger partial charge in [-0.2, -0.15) is 0 Å². The van der Waals surface area contributed by atoms with Gasteiger partial charge in [0.15, 0.2) is 11.6 Å². The Bertz CT molecular complexity index is 450. The number of hydrogen-bond donors (Lipinski definition) is 2. The van der Waals surface area contributed by atoms with E-state index >= 15 is 0 Å². The Balaban J connectivity index is 2.04. The molecule has 0 saturated heterocycles. The van der Waals surface area contributed by atoms with Crippen LogP contribution in [0.1, 0.15) is 45.1 Å². The lowest BCUT2D eigenvalue weighted by Crippen LogP contribution is -2.44. The fourth-order valence-electron chi connectivity index (χ4n) is 3.13. The average molecular weight is 282 g/mol. The molecule has 1 atom stereocenters. The molecule has 4 heteroatoms. The summed E-state index contributed by atoms with van der Waals surface area (Å²) in [5, 5.41) is 0. The fourth-order valence-corrected chi connectivity index (χ4v) is 3.13. The summed E-state index contributed by atoms with van der Waals surface area (Å²) in [6.45, 7) is 4.56. The molecule has 1 saturated carbocycles.